The molecule has 0 spiro atoms. The topological polar surface area (TPSA) is 41.8 Å². The van der Waals surface area contributed by atoms with Crippen LogP contribution in [0.2, 0.25) is 0 Å². The number of benzene rings is 1. The minimum Gasteiger partial charge on any atom is -0.286 e. The van der Waals surface area contributed by atoms with Gasteiger partial charge < -0.3 is 0 Å². The van der Waals surface area contributed by atoms with Crippen LogP contribution >= 0.6 is 0 Å². The van der Waals surface area contributed by atoms with Crippen LogP contribution in [0.25, 0.3) is 0 Å². The van der Waals surface area contributed by atoms with E-state index in [1.807, 2.05) is 30.3 Å². The molecule has 1 aliphatic rings. The highest BCUT2D eigenvalue weighted by Crippen LogP contribution is 2.04. The Morgan fingerprint density at radius 2 is 1.83 bits per heavy atom. The van der Waals surface area contributed by atoms with Gasteiger partial charge in [0, 0.05) is 5.56 Å². The Bertz CT molecular complexity index is 365. The fraction of sp³-hybridized carbons (Fsp3) is 0. The zero-order valence-corrected chi connectivity index (χ0v) is 6.27. The lowest BCUT2D eigenvalue weighted by atomic mass is 10.1. The zero-order valence-electron chi connectivity index (χ0n) is 6.27. The van der Waals surface area contributed by atoms with Crippen LogP contribution in [0.4, 0.5) is 0 Å². The number of nitrogens with zero attached hydrogens (tertiary/aromatic N) is 2. The van der Waals surface area contributed by atoms with Crippen molar-refractivity contribution in [2.24, 2.45) is 10.2 Å². The summed E-state index contributed by atoms with van der Waals surface area (Å²) in [6, 6.07) is 9.30. The van der Waals surface area contributed by atoms with Crippen molar-refractivity contribution < 1.29 is 4.79 Å². The molecule has 12 heavy (non-hydrogen) atoms. The Kier molecular flexibility index (Phi) is 1.55. The maximum atomic E-state index is 11.1. The van der Waals surface area contributed by atoms with Gasteiger partial charge in [-0.25, -0.2) is 0 Å². The standard InChI is InChI=1S/C9H6N2O/c12-8-6-10-11-9(8)7-4-2-1-3-5-7/h1-6H. The SMILES string of the molecule is O=C1C=NN=C1c1ccccc1. The van der Waals surface area contributed by atoms with Gasteiger partial charge in [-0.15, -0.1) is 5.10 Å². The molecule has 0 N–H and O–H groups in total. The van der Waals surface area contributed by atoms with Crippen LogP contribution in [0.1, 0.15) is 5.56 Å². The predicted molar refractivity (Wildman–Crippen MR) is 46.5 cm³/mol. The molecule has 0 saturated heterocycles. The molecule has 0 saturated carbocycles. The Morgan fingerprint density at radius 1 is 1.08 bits per heavy atom. The summed E-state index contributed by atoms with van der Waals surface area (Å²) >= 11 is 0. The first-order chi connectivity index (χ1) is 5.88. The normalized spacial score (nSPS) is 15.0. The molecule has 1 heterocycles. The third kappa shape index (κ3) is 1.05. The summed E-state index contributed by atoms with van der Waals surface area (Å²) in [4.78, 5) is 11.1. The molecular formula is C9H6N2O. The summed E-state index contributed by atoms with van der Waals surface area (Å²) < 4.78 is 0. The van der Waals surface area contributed by atoms with Crippen LogP contribution in [-0.4, -0.2) is 17.7 Å². The molecule has 0 radical (unpaired) electrons. The van der Waals surface area contributed by atoms with Gasteiger partial charge in [0.2, 0.25) is 5.78 Å². The van der Waals surface area contributed by atoms with E-state index in [1.54, 1.807) is 0 Å². The van der Waals surface area contributed by atoms with Crippen LogP contribution < -0.4 is 0 Å². The van der Waals surface area contributed by atoms with Crippen LogP contribution in [0.5, 0.6) is 0 Å². The molecule has 3 heteroatoms. The molecule has 0 aliphatic carbocycles. The second-order valence-corrected chi connectivity index (χ2v) is 2.42. The van der Waals surface area contributed by atoms with Gasteiger partial charge in [-0.3, -0.25) is 4.79 Å². The van der Waals surface area contributed by atoms with Crippen molar-refractivity contribution in [1.82, 2.24) is 0 Å². The van der Waals surface area contributed by atoms with E-state index in [2.05, 4.69) is 10.2 Å². The lowest BCUT2D eigenvalue weighted by molar-refractivity contribution is -0.106. The van der Waals surface area contributed by atoms with Crippen LogP contribution in [0.3, 0.4) is 0 Å². The van der Waals surface area contributed by atoms with Crippen molar-refractivity contribution in [3.63, 3.8) is 0 Å². The van der Waals surface area contributed by atoms with Gasteiger partial charge in [0.25, 0.3) is 0 Å². The van der Waals surface area contributed by atoms with Crippen molar-refractivity contribution >= 4 is 17.7 Å². The van der Waals surface area contributed by atoms with Gasteiger partial charge in [0.1, 0.15) is 5.71 Å². The van der Waals surface area contributed by atoms with Crippen molar-refractivity contribution in [2.75, 3.05) is 0 Å². The fourth-order valence-corrected chi connectivity index (χ4v) is 1.05. The van der Waals surface area contributed by atoms with E-state index in [1.165, 1.54) is 6.21 Å². The highest BCUT2D eigenvalue weighted by Gasteiger charge is 2.14. The molecule has 1 aromatic carbocycles. The molecule has 0 aromatic heterocycles. The summed E-state index contributed by atoms with van der Waals surface area (Å²) in [6.07, 6.45) is 1.22. The first-order valence-electron chi connectivity index (χ1n) is 3.59. The number of carbonyl (C=O) groups is 1. The van der Waals surface area contributed by atoms with Crippen LogP contribution in [-0.2, 0) is 4.79 Å². The molecule has 0 atom stereocenters. The smallest absolute Gasteiger partial charge is 0.226 e. The summed E-state index contributed by atoms with van der Waals surface area (Å²) in [5.41, 5.74) is 1.25. The average Bonchev–Trinajstić information content (AvgIpc) is 2.53. The number of hydrogen-bond donors (Lipinski definition) is 0. The van der Waals surface area contributed by atoms with Gasteiger partial charge in [0.05, 0.1) is 6.21 Å². The molecule has 0 bridgehead atoms. The molecule has 3 nitrogen and oxygen atoms in total. The molecule has 2 rings (SSSR count). The van der Waals surface area contributed by atoms with Crippen molar-refractivity contribution in [1.29, 1.82) is 0 Å². The van der Waals surface area contributed by atoms with E-state index in [0.717, 1.165) is 5.56 Å². The minimum absolute atomic E-state index is 0.124. The van der Waals surface area contributed by atoms with Crippen LogP contribution in [0, 0.1) is 0 Å². The van der Waals surface area contributed by atoms with Crippen molar-refractivity contribution in [2.45, 2.75) is 0 Å². The van der Waals surface area contributed by atoms with E-state index in [9.17, 15) is 4.79 Å². The number of carbonyl (C=O) groups excluding carboxylic acids is 1. The maximum Gasteiger partial charge on any atom is 0.226 e. The molecule has 0 amide bonds. The van der Waals surface area contributed by atoms with Crippen molar-refractivity contribution in [3.8, 4) is 0 Å². The molecule has 1 aliphatic heterocycles. The minimum atomic E-state index is -0.124. The average molecular weight is 158 g/mol. The third-order valence-electron chi connectivity index (χ3n) is 1.61. The third-order valence-corrected chi connectivity index (χ3v) is 1.61. The van der Waals surface area contributed by atoms with E-state index in [-0.39, 0.29) is 5.78 Å². The maximum absolute atomic E-state index is 11.1. The summed E-state index contributed by atoms with van der Waals surface area (Å²) in [7, 11) is 0. The largest absolute Gasteiger partial charge is 0.286 e. The Balaban J connectivity index is 2.40. The van der Waals surface area contributed by atoms with Gasteiger partial charge in [-0.05, 0) is 0 Å². The summed E-state index contributed by atoms with van der Waals surface area (Å²) in [5.74, 6) is -0.124. The Hall–Kier alpha value is -1.77. The van der Waals surface area contributed by atoms with Crippen molar-refractivity contribution in [3.05, 3.63) is 35.9 Å². The number of hydrogen-bond acceptors (Lipinski definition) is 3. The molecule has 0 fully saturated rings. The lowest BCUT2D eigenvalue weighted by Crippen LogP contribution is -2.11. The highest BCUT2D eigenvalue weighted by molar-refractivity contribution is 6.65. The van der Waals surface area contributed by atoms with E-state index in [0.29, 0.717) is 5.71 Å². The highest BCUT2D eigenvalue weighted by atomic mass is 16.1. The molecule has 58 valence electrons. The molecule has 0 unspecified atom stereocenters. The van der Waals surface area contributed by atoms with Gasteiger partial charge in [-0.1, -0.05) is 30.3 Å². The number of rotatable bonds is 1. The first-order valence-corrected chi connectivity index (χ1v) is 3.59. The Labute approximate surface area is 69.4 Å². The first kappa shape index (κ1) is 6.91. The summed E-state index contributed by atoms with van der Waals surface area (Å²) in [6.45, 7) is 0. The number of Topliss-reactive ketones (excluding diaryl/α,β-unsaturated/α-hetero) is 1. The van der Waals surface area contributed by atoms with E-state index < -0.39 is 0 Å². The molecule has 1 aromatic rings. The van der Waals surface area contributed by atoms with Gasteiger partial charge in [-0.2, -0.15) is 5.10 Å². The monoisotopic (exact) mass is 158 g/mol. The number of ketones is 1. The van der Waals surface area contributed by atoms with E-state index in [4.69, 9.17) is 0 Å². The summed E-state index contributed by atoms with van der Waals surface area (Å²) in [5, 5.41) is 7.26. The second kappa shape index (κ2) is 2.70. The van der Waals surface area contributed by atoms with Gasteiger partial charge >= 0.3 is 0 Å². The van der Waals surface area contributed by atoms with Crippen LogP contribution in [0.15, 0.2) is 40.5 Å². The second-order valence-electron chi connectivity index (χ2n) is 2.42. The van der Waals surface area contributed by atoms with E-state index >= 15 is 0 Å². The van der Waals surface area contributed by atoms with Gasteiger partial charge in [0.15, 0.2) is 0 Å². The lowest BCUT2D eigenvalue weighted by Gasteiger charge is -1.94. The fourth-order valence-electron chi connectivity index (χ4n) is 1.05. The predicted octanol–water partition coefficient (Wildman–Crippen LogP) is 1.04. The quantitative estimate of drug-likeness (QED) is 0.602. The zero-order chi connectivity index (χ0) is 8.39. The molecular weight excluding hydrogens is 152 g/mol. The Morgan fingerprint density at radius 3 is 2.42 bits per heavy atom.